The van der Waals surface area contributed by atoms with Crippen molar-refractivity contribution in [2.24, 2.45) is 5.90 Å². The topological polar surface area (TPSA) is 78.5 Å². The number of nitrogens with two attached hydrogens (primary N) is 1. The lowest BCUT2D eigenvalue weighted by Crippen LogP contribution is -2.02. The van der Waals surface area contributed by atoms with Crippen molar-refractivity contribution < 1.29 is 10.4 Å². The van der Waals surface area contributed by atoms with Crippen molar-refractivity contribution in [2.75, 3.05) is 6.54 Å². The maximum atomic E-state index is 7.62. The first-order valence-electron chi connectivity index (χ1n) is 1.54. The van der Waals surface area contributed by atoms with Crippen LogP contribution in [0.15, 0.2) is 0 Å². The molecule has 0 aromatic carbocycles. The lowest BCUT2D eigenvalue weighted by Gasteiger charge is -1.75. The summed E-state index contributed by atoms with van der Waals surface area (Å²) >= 11 is 0. The molecule has 0 bridgehead atoms. The molecule has 0 radical (unpaired) electrons. The molecular weight excluding hydrogens is 84.0 g/mol. The van der Waals surface area contributed by atoms with E-state index in [0.29, 0.717) is 6.54 Å². The molecule has 0 aromatic rings. The van der Waals surface area contributed by atoms with Gasteiger partial charge in [0, 0.05) is 6.54 Å². The molecule has 0 heterocycles. The highest BCUT2D eigenvalue weighted by atomic mass is 16.5. The van der Waals surface area contributed by atoms with Crippen molar-refractivity contribution >= 4 is 0 Å². The molecule has 6 heavy (non-hydrogen) atoms. The molecule has 0 aliphatic rings. The zero-order chi connectivity index (χ0) is 5.41. The van der Waals surface area contributed by atoms with Crippen LogP contribution < -0.4 is 11.4 Å². The van der Waals surface area contributed by atoms with Gasteiger partial charge in [0.25, 0.3) is 0 Å². The lowest BCUT2D eigenvalue weighted by molar-refractivity contribution is 0.173. The second-order valence-corrected chi connectivity index (χ2v) is 0.512. The Morgan fingerprint density at radius 3 is 1.83 bits per heavy atom. The zero-order valence-corrected chi connectivity index (χ0v) is 3.68. The van der Waals surface area contributed by atoms with Crippen molar-refractivity contribution in [2.45, 2.75) is 6.92 Å². The summed E-state index contributed by atoms with van der Waals surface area (Å²) < 4.78 is 0. The third kappa shape index (κ3) is 43.9. The minimum Gasteiger partial charge on any atom is -0.320 e. The maximum absolute atomic E-state index is 7.62. The number of hydroxylamine groups is 1. The van der Waals surface area contributed by atoms with Crippen molar-refractivity contribution in [1.82, 2.24) is 5.48 Å². The predicted octanol–water partition coefficient (Wildman–Crippen LogP) is -0.681. The number of nitrogens with one attached hydrogen (secondary N) is 1. The van der Waals surface area contributed by atoms with Crippen LogP contribution in [0.1, 0.15) is 6.92 Å². The van der Waals surface area contributed by atoms with Gasteiger partial charge < -0.3 is 10.4 Å². The summed E-state index contributed by atoms with van der Waals surface area (Å²) in [5.41, 5.74) is 1.93. The van der Waals surface area contributed by atoms with E-state index < -0.39 is 0 Å². The van der Waals surface area contributed by atoms with Gasteiger partial charge in [-0.15, -0.1) is 0 Å². The molecule has 5 N–H and O–H groups in total. The van der Waals surface area contributed by atoms with Gasteiger partial charge in [0.05, 0.1) is 0 Å². The molecule has 0 unspecified atom stereocenters. The quantitative estimate of drug-likeness (QED) is 0.325. The Hall–Kier alpha value is -0.160. The van der Waals surface area contributed by atoms with Gasteiger partial charge in [-0.25, -0.2) is 11.4 Å². The molecule has 0 atom stereocenters. The molecule has 4 nitrogen and oxygen atoms in total. The van der Waals surface area contributed by atoms with Gasteiger partial charge in [-0.2, -0.15) is 0 Å². The van der Waals surface area contributed by atoms with E-state index >= 15 is 0 Å². The van der Waals surface area contributed by atoms with Crippen molar-refractivity contribution in [3.05, 3.63) is 0 Å². The highest BCUT2D eigenvalue weighted by molar-refractivity contribution is 4.04. The Kier molecular flexibility index (Phi) is 32.6. The van der Waals surface area contributed by atoms with Gasteiger partial charge in [0.15, 0.2) is 0 Å². The van der Waals surface area contributed by atoms with E-state index in [2.05, 4.69) is 5.90 Å². The Morgan fingerprint density at radius 1 is 1.67 bits per heavy atom. The molecule has 0 fully saturated rings. The summed E-state index contributed by atoms with van der Waals surface area (Å²) in [5, 5.41) is 14.1. The van der Waals surface area contributed by atoms with E-state index in [-0.39, 0.29) is 0 Å². The van der Waals surface area contributed by atoms with Crippen molar-refractivity contribution in [3.63, 3.8) is 0 Å². The maximum Gasteiger partial charge on any atom is 0.0179 e. The van der Waals surface area contributed by atoms with Gasteiger partial charge in [-0.05, 0) is 0 Å². The number of rotatable bonds is 1. The van der Waals surface area contributed by atoms with Crippen LogP contribution in [0.5, 0.6) is 0 Å². The smallest absolute Gasteiger partial charge is 0.0179 e. The second kappa shape index (κ2) is 21.1. The molecule has 0 amide bonds. The highest BCUT2D eigenvalue weighted by Gasteiger charge is 1.51. The van der Waals surface area contributed by atoms with E-state index in [1.54, 1.807) is 0 Å². The summed E-state index contributed by atoms with van der Waals surface area (Å²) in [4.78, 5) is 0. The SMILES string of the molecule is CCNO.NO. The number of hydrogen-bond donors (Lipinski definition) is 4. The van der Waals surface area contributed by atoms with Crippen LogP contribution in [0.4, 0.5) is 0 Å². The minimum absolute atomic E-state index is 0.625. The summed E-state index contributed by atoms with van der Waals surface area (Å²) in [6.45, 7) is 2.44. The van der Waals surface area contributed by atoms with Gasteiger partial charge in [0.1, 0.15) is 0 Å². The zero-order valence-electron chi connectivity index (χ0n) is 3.68. The Labute approximate surface area is 36.5 Å². The van der Waals surface area contributed by atoms with Crippen LogP contribution in [0.2, 0.25) is 0 Å². The molecule has 0 aromatic heterocycles. The molecule has 0 saturated heterocycles. The Bertz CT molecular complexity index is 11.5. The monoisotopic (exact) mass is 94.1 g/mol. The second-order valence-electron chi connectivity index (χ2n) is 0.512. The third-order valence-electron chi connectivity index (χ3n) is 0.158. The normalized spacial score (nSPS) is 6.00. The van der Waals surface area contributed by atoms with Crippen LogP contribution in [0.25, 0.3) is 0 Å². The van der Waals surface area contributed by atoms with Gasteiger partial charge in [-0.1, -0.05) is 6.92 Å². The molecule has 0 saturated carbocycles. The largest absolute Gasteiger partial charge is 0.320 e. The molecule has 0 spiro atoms. The van der Waals surface area contributed by atoms with Crippen molar-refractivity contribution in [1.29, 1.82) is 0 Å². The summed E-state index contributed by atoms with van der Waals surface area (Å²) in [6, 6.07) is 0. The fourth-order valence-corrected chi connectivity index (χ4v) is 0. The van der Waals surface area contributed by atoms with Crippen LogP contribution >= 0.6 is 0 Å². The van der Waals surface area contributed by atoms with Crippen LogP contribution in [0.3, 0.4) is 0 Å². The van der Waals surface area contributed by atoms with E-state index in [0.717, 1.165) is 0 Å². The average Bonchev–Trinajstić information content (AvgIpc) is 1.72. The molecule has 0 rings (SSSR count). The lowest BCUT2D eigenvalue weighted by atomic mass is 10.8. The fraction of sp³-hybridized carbons (Fsp3) is 1.00. The average molecular weight is 94.1 g/mol. The first-order chi connectivity index (χ1) is 2.91. The number of hydrogen-bond acceptors (Lipinski definition) is 4. The van der Waals surface area contributed by atoms with E-state index in [1.165, 1.54) is 0 Å². The van der Waals surface area contributed by atoms with Crippen LogP contribution in [-0.4, -0.2) is 17.0 Å². The molecule has 0 aliphatic carbocycles. The standard InChI is InChI=1S/C2H7NO.H3NO/c1-2-3-4;1-2/h3-4H,2H2,1H3;2H,1H2. The van der Waals surface area contributed by atoms with E-state index in [4.69, 9.17) is 10.4 Å². The first-order valence-corrected chi connectivity index (χ1v) is 1.54. The van der Waals surface area contributed by atoms with Gasteiger partial charge in [0.2, 0.25) is 0 Å². The predicted molar refractivity (Wildman–Crippen MR) is 21.4 cm³/mol. The summed E-state index contributed by atoms with van der Waals surface area (Å²) in [5.74, 6) is 3.50. The highest BCUT2D eigenvalue weighted by Crippen LogP contribution is 1.34. The molecule has 4 heteroatoms. The van der Waals surface area contributed by atoms with Gasteiger partial charge in [-0.3, -0.25) is 0 Å². The van der Waals surface area contributed by atoms with Crippen LogP contribution in [-0.2, 0) is 0 Å². The van der Waals surface area contributed by atoms with Gasteiger partial charge >= 0.3 is 0 Å². The third-order valence-corrected chi connectivity index (χ3v) is 0.158. The summed E-state index contributed by atoms with van der Waals surface area (Å²) in [7, 11) is 0. The Balaban J connectivity index is 0. The molecular formula is C2H10N2O2. The van der Waals surface area contributed by atoms with Crippen LogP contribution in [0, 0.1) is 0 Å². The summed E-state index contributed by atoms with van der Waals surface area (Å²) in [6.07, 6.45) is 0. The van der Waals surface area contributed by atoms with E-state index in [9.17, 15) is 0 Å². The first kappa shape index (κ1) is 9.28. The molecule has 0 aliphatic heterocycles. The van der Waals surface area contributed by atoms with Crippen molar-refractivity contribution in [3.8, 4) is 0 Å². The van der Waals surface area contributed by atoms with E-state index in [1.807, 2.05) is 12.4 Å². The fourth-order valence-electron chi connectivity index (χ4n) is 0. The Morgan fingerprint density at radius 2 is 1.83 bits per heavy atom. The molecule has 40 valence electrons. The minimum atomic E-state index is 0.625.